The summed E-state index contributed by atoms with van der Waals surface area (Å²) in [5, 5.41) is 0. The summed E-state index contributed by atoms with van der Waals surface area (Å²) < 4.78 is 37.0. The maximum Gasteiger partial charge on any atom is 0.416 e. The number of rotatable bonds is 2. The highest BCUT2D eigenvalue weighted by Crippen LogP contribution is 2.30. The zero-order valence-corrected chi connectivity index (χ0v) is 9.26. The van der Waals surface area contributed by atoms with Crippen LogP contribution in [0.3, 0.4) is 0 Å². The molecule has 1 unspecified atom stereocenters. The first-order chi connectivity index (χ1) is 7.97. The number of carbonyl (C=O) groups excluding carboxylic acids is 1. The number of hydrogen-bond donors (Lipinski definition) is 0. The molecular weight excluding hydrogens is 229 g/mol. The van der Waals surface area contributed by atoms with Crippen LogP contribution in [0.5, 0.6) is 0 Å². The van der Waals surface area contributed by atoms with Gasteiger partial charge in [0.25, 0.3) is 0 Å². The molecule has 1 aliphatic rings. The van der Waals surface area contributed by atoms with Crippen LogP contribution in [0.15, 0.2) is 24.3 Å². The van der Waals surface area contributed by atoms with Gasteiger partial charge in [0.1, 0.15) is 5.78 Å². The summed E-state index contributed by atoms with van der Waals surface area (Å²) in [6.07, 6.45) is -1.34. The number of hydrogen-bond acceptors (Lipinski definition) is 1. The lowest BCUT2D eigenvalue weighted by Crippen LogP contribution is -2.10. The Balaban J connectivity index is 2.06. The fourth-order valence-corrected chi connectivity index (χ4v) is 2.22. The molecule has 0 spiro atoms. The standard InChI is InChI=1S/C13H13F3O/c14-13(15,16)11-6-4-9(5-7-11)8-10-2-1-3-12(10)17/h4-7,10H,1-3,8H2. The molecular formula is C13H13F3O. The summed E-state index contributed by atoms with van der Waals surface area (Å²) in [5.41, 5.74) is 0.164. The lowest BCUT2D eigenvalue weighted by molar-refractivity contribution is -0.137. The van der Waals surface area contributed by atoms with Gasteiger partial charge < -0.3 is 0 Å². The van der Waals surface area contributed by atoms with Crippen LogP contribution in [-0.2, 0) is 17.4 Å². The Morgan fingerprint density at radius 2 is 1.82 bits per heavy atom. The molecule has 17 heavy (non-hydrogen) atoms. The first kappa shape index (κ1) is 12.1. The van der Waals surface area contributed by atoms with Gasteiger partial charge in [-0.15, -0.1) is 0 Å². The van der Waals surface area contributed by atoms with E-state index < -0.39 is 11.7 Å². The van der Waals surface area contributed by atoms with Gasteiger partial charge >= 0.3 is 6.18 Å². The molecule has 1 aromatic carbocycles. The summed E-state index contributed by atoms with van der Waals surface area (Å²) in [4.78, 5) is 11.4. The molecule has 92 valence electrons. The van der Waals surface area contributed by atoms with E-state index >= 15 is 0 Å². The average Bonchev–Trinajstić information content (AvgIpc) is 2.64. The van der Waals surface area contributed by atoms with Crippen molar-refractivity contribution in [3.05, 3.63) is 35.4 Å². The Hall–Kier alpha value is -1.32. The van der Waals surface area contributed by atoms with E-state index in [4.69, 9.17) is 0 Å². The molecule has 0 heterocycles. The quantitative estimate of drug-likeness (QED) is 0.774. The molecule has 0 aliphatic heterocycles. The second-order valence-electron chi connectivity index (χ2n) is 4.45. The van der Waals surface area contributed by atoms with Gasteiger partial charge in [-0.2, -0.15) is 13.2 Å². The fourth-order valence-electron chi connectivity index (χ4n) is 2.22. The topological polar surface area (TPSA) is 17.1 Å². The Kier molecular flexibility index (Phi) is 3.22. The van der Waals surface area contributed by atoms with E-state index in [1.807, 2.05) is 0 Å². The summed E-state index contributed by atoms with van der Waals surface area (Å²) in [5.74, 6) is 0.247. The van der Waals surface area contributed by atoms with Gasteiger partial charge in [-0.25, -0.2) is 0 Å². The zero-order chi connectivity index (χ0) is 12.5. The maximum atomic E-state index is 12.3. The maximum absolute atomic E-state index is 12.3. The van der Waals surface area contributed by atoms with E-state index in [0.717, 1.165) is 30.5 Å². The van der Waals surface area contributed by atoms with Crippen molar-refractivity contribution in [2.75, 3.05) is 0 Å². The first-order valence-corrected chi connectivity index (χ1v) is 5.65. The molecule has 1 aromatic rings. The van der Waals surface area contributed by atoms with E-state index in [1.165, 1.54) is 12.1 Å². The van der Waals surface area contributed by atoms with E-state index in [-0.39, 0.29) is 11.7 Å². The van der Waals surface area contributed by atoms with Gasteiger partial charge in [-0.3, -0.25) is 4.79 Å². The number of Topliss-reactive ketones (excluding diaryl/α,β-unsaturated/α-hetero) is 1. The van der Waals surface area contributed by atoms with Crippen LogP contribution in [0.2, 0.25) is 0 Å². The Bertz CT molecular complexity index is 406. The molecule has 0 aromatic heterocycles. The summed E-state index contributed by atoms with van der Waals surface area (Å²) >= 11 is 0. The third-order valence-corrected chi connectivity index (χ3v) is 3.19. The van der Waals surface area contributed by atoms with Crippen molar-refractivity contribution in [3.8, 4) is 0 Å². The largest absolute Gasteiger partial charge is 0.416 e. The number of benzene rings is 1. The minimum absolute atomic E-state index is 0.00624. The molecule has 1 saturated carbocycles. The van der Waals surface area contributed by atoms with E-state index in [1.54, 1.807) is 0 Å². The van der Waals surface area contributed by atoms with E-state index in [0.29, 0.717) is 12.8 Å². The van der Waals surface area contributed by atoms with Gasteiger partial charge in [-0.05, 0) is 37.0 Å². The second kappa shape index (κ2) is 4.51. The monoisotopic (exact) mass is 242 g/mol. The minimum Gasteiger partial charge on any atom is -0.299 e. The number of halogens is 3. The highest BCUT2D eigenvalue weighted by atomic mass is 19.4. The minimum atomic E-state index is -4.29. The van der Waals surface area contributed by atoms with E-state index in [9.17, 15) is 18.0 Å². The lowest BCUT2D eigenvalue weighted by Gasteiger charge is -2.10. The first-order valence-electron chi connectivity index (χ1n) is 5.65. The average molecular weight is 242 g/mol. The predicted molar refractivity (Wildman–Crippen MR) is 57.5 cm³/mol. The van der Waals surface area contributed by atoms with Gasteiger partial charge in [0.05, 0.1) is 5.56 Å². The van der Waals surface area contributed by atoms with Crippen LogP contribution in [0.25, 0.3) is 0 Å². The SMILES string of the molecule is O=C1CCCC1Cc1ccc(C(F)(F)F)cc1. The Morgan fingerprint density at radius 1 is 1.18 bits per heavy atom. The molecule has 2 rings (SSSR count). The van der Waals surface area contributed by atoms with Crippen molar-refractivity contribution in [2.45, 2.75) is 31.9 Å². The smallest absolute Gasteiger partial charge is 0.299 e. The van der Waals surface area contributed by atoms with Crippen LogP contribution < -0.4 is 0 Å². The molecule has 4 heteroatoms. The highest BCUT2D eigenvalue weighted by Gasteiger charge is 2.30. The predicted octanol–water partition coefficient (Wildman–Crippen LogP) is 3.62. The van der Waals surface area contributed by atoms with Crippen molar-refractivity contribution in [3.63, 3.8) is 0 Å². The van der Waals surface area contributed by atoms with Gasteiger partial charge in [-0.1, -0.05) is 12.1 Å². The third-order valence-electron chi connectivity index (χ3n) is 3.19. The molecule has 1 nitrogen and oxygen atoms in total. The molecule has 1 aliphatic carbocycles. The van der Waals surface area contributed by atoms with Crippen molar-refractivity contribution in [1.29, 1.82) is 0 Å². The van der Waals surface area contributed by atoms with Crippen LogP contribution >= 0.6 is 0 Å². The number of alkyl halides is 3. The number of carbonyl (C=O) groups is 1. The van der Waals surface area contributed by atoms with Crippen molar-refractivity contribution < 1.29 is 18.0 Å². The third kappa shape index (κ3) is 2.87. The molecule has 0 saturated heterocycles. The van der Waals surface area contributed by atoms with Crippen molar-refractivity contribution in [1.82, 2.24) is 0 Å². The number of ketones is 1. The highest BCUT2D eigenvalue weighted by molar-refractivity contribution is 5.83. The van der Waals surface area contributed by atoms with Gasteiger partial charge in [0, 0.05) is 12.3 Å². The summed E-state index contributed by atoms with van der Waals surface area (Å²) in [6, 6.07) is 5.09. The Morgan fingerprint density at radius 3 is 2.29 bits per heavy atom. The van der Waals surface area contributed by atoms with Crippen LogP contribution in [-0.4, -0.2) is 5.78 Å². The van der Waals surface area contributed by atoms with Crippen molar-refractivity contribution >= 4 is 5.78 Å². The molecule has 1 atom stereocenters. The second-order valence-corrected chi connectivity index (χ2v) is 4.45. The molecule has 0 amide bonds. The van der Waals surface area contributed by atoms with Crippen molar-refractivity contribution in [2.24, 2.45) is 5.92 Å². The normalized spacial score (nSPS) is 20.9. The summed E-state index contributed by atoms with van der Waals surface area (Å²) in [7, 11) is 0. The lowest BCUT2D eigenvalue weighted by atomic mass is 9.96. The Labute approximate surface area is 97.6 Å². The molecule has 0 radical (unpaired) electrons. The van der Waals surface area contributed by atoms with Gasteiger partial charge in [0.2, 0.25) is 0 Å². The molecule has 1 fully saturated rings. The zero-order valence-electron chi connectivity index (χ0n) is 9.26. The molecule has 0 bridgehead atoms. The van der Waals surface area contributed by atoms with Crippen LogP contribution in [0, 0.1) is 5.92 Å². The van der Waals surface area contributed by atoms with Crippen LogP contribution in [0.1, 0.15) is 30.4 Å². The fraction of sp³-hybridized carbons (Fsp3) is 0.462. The van der Waals surface area contributed by atoms with E-state index in [2.05, 4.69) is 0 Å². The van der Waals surface area contributed by atoms with Gasteiger partial charge in [0.15, 0.2) is 0 Å². The molecule has 0 N–H and O–H groups in total. The van der Waals surface area contributed by atoms with Crippen LogP contribution in [0.4, 0.5) is 13.2 Å². The summed E-state index contributed by atoms with van der Waals surface area (Å²) in [6.45, 7) is 0.